The van der Waals surface area contributed by atoms with Crippen LogP contribution in [0.5, 0.6) is 0 Å². The summed E-state index contributed by atoms with van der Waals surface area (Å²) in [5.41, 5.74) is 1.79. The molecule has 3 rings (SSSR count). The second-order valence-electron chi connectivity index (χ2n) is 4.96. The van der Waals surface area contributed by atoms with Crippen molar-refractivity contribution in [2.45, 2.75) is 13.0 Å². The van der Waals surface area contributed by atoms with E-state index in [4.69, 9.17) is 11.6 Å². The molecule has 0 fully saturated rings. The van der Waals surface area contributed by atoms with Crippen LogP contribution < -0.4 is 10.6 Å². The molecule has 0 aliphatic carbocycles. The van der Waals surface area contributed by atoms with Crippen molar-refractivity contribution in [2.24, 2.45) is 0 Å². The highest BCUT2D eigenvalue weighted by atomic mass is 35.5. The van der Waals surface area contributed by atoms with Gasteiger partial charge < -0.3 is 10.2 Å². The summed E-state index contributed by atoms with van der Waals surface area (Å²) in [6.07, 6.45) is 0.933. The molecule has 7 heteroatoms. The third-order valence-electron chi connectivity index (χ3n) is 3.24. The van der Waals surface area contributed by atoms with Gasteiger partial charge >= 0.3 is 6.03 Å². The molecule has 1 aromatic heterocycles. The number of anilines is 2. The summed E-state index contributed by atoms with van der Waals surface area (Å²) < 4.78 is 0. The lowest BCUT2D eigenvalue weighted by atomic mass is 10.2. The van der Waals surface area contributed by atoms with E-state index in [1.54, 1.807) is 24.3 Å². The number of carbonyl (C=O) groups excluding carboxylic acids is 1. The number of thiazole rings is 1. The minimum Gasteiger partial charge on any atom is -0.308 e. The van der Waals surface area contributed by atoms with E-state index < -0.39 is 0 Å². The minimum absolute atomic E-state index is 0.295. The van der Waals surface area contributed by atoms with Crippen molar-refractivity contribution >= 4 is 39.8 Å². The highest BCUT2D eigenvalue weighted by Crippen LogP contribution is 2.27. The maximum atomic E-state index is 11.9. The zero-order valence-electron chi connectivity index (χ0n) is 11.5. The van der Waals surface area contributed by atoms with Gasteiger partial charge in [-0.3, -0.25) is 5.32 Å². The molecule has 0 unspecified atom stereocenters. The van der Waals surface area contributed by atoms with Gasteiger partial charge in [-0.15, -0.1) is 11.3 Å². The van der Waals surface area contributed by atoms with Crippen LogP contribution in [0.3, 0.4) is 0 Å². The number of rotatable bonds is 2. The number of halogens is 1. The topological polar surface area (TPSA) is 57.3 Å². The number of carbonyl (C=O) groups is 1. The van der Waals surface area contributed by atoms with Gasteiger partial charge in [-0.25, -0.2) is 9.78 Å². The molecule has 0 saturated carbocycles. The maximum absolute atomic E-state index is 11.9. The second-order valence-corrected chi connectivity index (χ2v) is 6.48. The molecular weight excluding hydrogens is 308 g/mol. The number of nitrogens with zero attached hydrogens (tertiary/aromatic N) is 2. The Morgan fingerprint density at radius 2 is 2.10 bits per heavy atom. The fourth-order valence-electron chi connectivity index (χ4n) is 2.17. The Hall–Kier alpha value is -1.63. The van der Waals surface area contributed by atoms with Crippen LogP contribution in [0.1, 0.15) is 10.6 Å². The normalized spacial score (nSPS) is 14.6. The number of benzene rings is 1. The number of hydrogen-bond acceptors (Lipinski definition) is 4. The van der Waals surface area contributed by atoms with Crippen LogP contribution in [-0.4, -0.2) is 29.5 Å². The first kappa shape index (κ1) is 14.3. The monoisotopic (exact) mass is 322 g/mol. The summed E-state index contributed by atoms with van der Waals surface area (Å²) in [7, 11) is 2.09. The molecule has 2 amide bonds. The maximum Gasteiger partial charge on any atom is 0.325 e. The number of urea groups is 1. The van der Waals surface area contributed by atoms with E-state index in [1.807, 2.05) is 0 Å². The fourth-order valence-corrected chi connectivity index (χ4v) is 3.38. The zero-order chi connectivity index (χ0) is 14.8. The van der Waals surface area contributed by atoms with Gasteiger partial charge in [0.1, 0.15) is 0 Å². The zero-order valence-corrected chi connectivity index (χ0v) is 13.1. The average Bonchev–Trinajstić information content (AvgIpc) is 2.82. The summed E-state index contributed by atoms with van der Waals surface area (Å²) >= 11 is 7.34. The number of aromatic nitrogens is 1. The Morgan fingerprint density at radius 3 is 2.86 bits per heavy atom. The molecule has 21 heavy (non-hydrogen) atoms. The predicted octanol–water partition coefficient (Wildman–Crippen LogP) is 3.43. The lowest BCUT2D eigenvalue weighted by Crippen LogP contribution is -2.25. The standard InChI is InChI=1S/C14H15ClN4OS/c1-19-7-6-11-12(8-19)21-14(17-11)18-13(20)16-10-4-2-9(15)3-5-10/h2-5H,6-8H2,1H3,(H2,16,17,18,20). The molecule has 110 valence electrons. The van der Waals surface area contributed by atoms with Gasteiger partial charge in [0.2, 0.25) is 0 Å². The second kappa shape index (κ2) is 6.01. The highest BCUT2D eigenvalue weighted by molar-refractivity contribution is 7.15. The first-order valence-corrected chi connectivity index (χ1v) is 7.80. The van der Waals surface area contributed by atoms with Crippen LogP contribution in [0.2, 0.25) is 5.02 Å². The van der Waals surface area contributed by atoms with E-state index in [9.17, 15) is 4.79 Å². The largest absolute Gasteiger partial charge is 0.325 e. The van der Waals surface area contributed by atoms with E-state index in [0.29, 0.717) is 15.8 Å². The molecule has 0 atom stereocenters. The lowest BCUT2D eigenvalue weighted by Gasteiger charge is -2.20. The van der Waals surface area contributed by atoms with Gasteiger partial charge in [-0.1, -0.05) is 11.6 Å². The van der Waals surface area contributed by atoms with Crippen LogP contribution in [0, 0.1) is 0 Å². The molecule has 0 bridgehead atoms. The van der Waals surface area contributed by atoms with E-state index >= 15 is 0 Å². The molecule has 0 spiro atoms. The summed E-state index contributed by atoms with van der Waals surface area (Å²) in [6, 6.07) is 6.68. The van der Waals surface area contributed by atoms with Crippen molar-refractivity contribution in [1.29, 1.82) is 0 Å². The Balaban J connectivity index is 1.64. The average molecular weight is 323 g/mol. The SMILES string of the molecule is CN1CCc2nc(NC(=O)Nc3ccc(Cl)cc3)sc2C1. The Labute approximate surface area is 131 Å². The van der Waals surface area contributed by atoms with E-state index in [1.165, 1.54) is 16.2 Å². The molecule has 0 saturated heterocycles. The van der Waals surface area contributed by atoms with Crippen molar-refractivity contribution in [2.75, 3.05) is 24.2 Å². The summed E-state index contributed by atoms with van der Waals surface area (Å²) in [6.45, 7) is 1.90. The van der Waals surface area contributed by atoms with Gasteiger partial charge in [0.15, 0.2) is 5.13 Å². The van der Waals surface area contributed by atoms with Crippen LogP contribution in [0.4, 0.5) is 15.6 Å². The number of likely N-dealkylation sites (N-methyl/N-ethyl adjacent to an activating group) is 1. The smallest absolute Gasteiger partial charge is 0.308 e. The van der Waals surface area contributed by atoms with Crippen molar-refractivity contribution < 1.29 is 4.79 Å². The summed E-state index contributed by atoms with van der Waals surface area (Å²) in [5, 5.41) is 6.81. The number of fused-ring (bicyclic) bond motifs is 1. The molecule has 1 aliphatic heterocycles. The van der Waals surface area contributed by atoms with Gasteiger partial charge in [-0.05, 0) is 31.3 Å². The van der Waals surface area contributed by atoms with Crippen molar-refractivity contribution in [3.63, 3.8) is 0 Å². The van der Waals surface area contributed by atoms with E-state index in [-0.39, 0.29) is 6.03 Å². The lowest BCUT2D eigenvalue weighted by molar-refractivity contribution is 0.262. The summed E-state index contributed by atoms with van der Waals surface area (Å²) in [5.74, 6) is 0. The van der Waals surface area contributed by atoms with E-state index in [2.05, 4.69) is 27.6 Å². The molecule has 2 heterocycles. The van der Waals surface area contributed by atoms with Crippen molar-refractivity contribution in [3.8, 4) is 0 Å². The van der Waals surface area contributed by atoms with Gasteiger partial charge in [0, 0.05) is 35.1 Å². The molecule has 1 aliphatic rings. The molecular formula is C14H15ClN4OS. The highest BCUT2D eigenvalue weighted by Gasteiger charge is 2.19. The van der Waals surface area contributed by atoms with Crippen LogP contribution in [0.25, 0.3) is 0 Å². The first-order chi connectivity index (χ1) is 10.1. The molecule has 1 aromatic carbocycles. The van der Waals surface area contributed by atoms with Crippen LogP contribution in [0.15, 0.2) is 24.3 Å². The van der Waals surface area contributed by atoms with Gasteiger partial charge in [-0.2, -0.15) is 0 Å². The minimum atomic E-state index is -0.295. The first-order valence-electron chi connectivity index (χ1n) is 6.61. The van der Waals surface area contributed by atoms with Crippen molar-refractivity contribution in [3.05, 3.63) is 39.9 Å². The number of amides is 2. The molecule has 0 radical (unpaired) electrons. The Kier molecular flexibility index (Phi) is 4.10. The third-order valence-corrected chi connectivity index (χ3v) is 4.49. The van der Waals surface area contributed by atoms with E-state index in [0.717, 1.165) is 25.2 Å². The van der Waals surface area contributed by atoms with Crippen LogP contribution in [-0.2, 0) is 13.0 Å². The third kappa shape index (κ3) is 3.53. The number of hydrogen-bond donors (Lipinski definition) is 2. The Bertz CT molecular complexity index is 655. The molecule has 5 nitrogen and oxygen atoms in total. The van der Waals surface area contributed by atoms with Crippen molar-refractivity contribution in [1.82, 2.24) is 9.88 Å². The quantitative estimate of drug-likeness (QED) is 0.890. The van der Waals surface area contributed by atoms with Gasteiger partial charge in [0.25, 0.3) is 0 Å². The van der Waals surface area contributed by atoms with Crippen LogP contribution >= 0.6 is 22.9 Å². The predicted molar refractivity (Wildman–Crippen MR) is 86.2 cm³/mol. The number of nitrogens with one attached hydrogen (secondary N) is 2. The summed E-state index contributed by atoms with van der Waals surface area (Å²) in [4.78, 5) is 19.9. The Morgan fingerprint density at radius 1 is 1.33 bits per heavy atom. The molecule has 2 N–H and O–H groups in total. The van der Waals surface area contributed by atoms with Gasteiger partial charge in [0.05, 0.1) is 5.69 Å². The fraction of sp³-hybridized carbons (Fsp3) is 0.286. The molecule has 2 aromatic rings.